The Morgan fingerprint density at radius 2 is 2.09 bits per heavy atom. The Balaban J connectivity index is 0.00000242. The molecular formula is C15H24IN3O3. The summed E-state index contributed by atoms with van der Waals surface area (Å²) in [6, 6.07) is 5.90. The number of aliphatic imine (C=N–C) groups is 1. The minimum Gasteiger partial charge on any atom is -0.492 e. The molecule has 0 bridgehead atoms. The van der Waals surface area contributed by atoms with Gasteiger partial charge < -0.3 is 24.8 Å². The van der Waals surface area contributed by atoms with E-state index in [1.54, 1.807) is 0 Å². The lowest BCUT2D eigenvalue weighted by Crippen LogP contribution is -2.41. The quantitative estimate of drug-likeness (QED) is 0.320. The van der Waals surface area contributed by atoms with Crippen molar-refractivity contribution in [2.75, 3.05) is 26.5 Å². The van der Waals surface area contributed by atoms with Crippen LogP contribution < -0.4 is 24.8 Å². The van der Waals surface area contributed by atoms with E-state index < -0.39 is 0 Å². The summed E-state index contributed by atoms with van der Waals surface area (Å²) in [5.74, 6) is 3.06. The molecule has 1 heterocycles. The lowest BCUT2D eigenvalue weighted by atomic mass is 10.3. The highest BCUT2D eigenvalue weighted by Gasteiger charge is 2.13. The van der Waals surface area contributed by atoms with Crippen molar-refractivity contribution in [2.45, 2.75) is 26.8 Å². The number of rotatable bonds is 6. The fourth-order valence-corrected chi connectivity index (χ4v) is 1.88. The monoisotopic (exact) mass is 421 g/mol. The zero-order valence-electron chi connectivity index (χ0n) is 13.2. The molecule has 1 aliphatic rings. The zero-order chi connectivity index (χ0) is 15.1. The van der Waals surface area contributed by atoms with Gasteiger partial charge in [-0.25, -0.2) is 4.99 Å². The van der Waals surface area contributed by atoms with Crippen LogP contribution in [0.4, 0.5) is 0 Å². The standard InChI is InChI=1S/C15H23N3O3.HI/c1-4-16-15(18-11(2)3)17-7-8-19-12-5-6-13-14(9-12)21-10-20-13;/h5-6,9,11H,4,7-8,10H2,1-3H3,(H2,16,17,18);1H. The second-order valence-electron chi connectivity index (χ2n) is 4.92. The van der Waals surface area contributed by atoms with Crippen molar-refractivity contribution in [2.24, 2.45) is 4.99 Å². The summed E-state index contributed by atoms with van der Waals surface area (Å²) in [7, 11) is 0. The Kier molecular flexibility index (Phi) is 8.15. The first-order valence-corrected chi connectivity index (χ1v) is 7.26. The van der Waals surface area contributed by atoms with Gasteiger partial charge in [-0.2, -0.15) is 0 Å². The van der Waals surface area contributed by atoms with Crippen molar-refractivity contribution in [1.29, 1.82) is 0 Å². The molecule has 1 aromatic rings. The van der Waals surface area contributed by atoms with Gasteiger partial charge in [0, 0.05) is 18.7 Å². The van der Waals surface area contributed by atoms with E-state index in [-0.39, 0.29) is 30.8 Å². The van der Waals surface area contributed by atoms with Gasteiger partial charge in [0.15, 0.2) is 17.5 Å². The number of nitrogens with zero attached hydrogens (tertiary/aromatic N) is 1. The van der Waals surface area contributed by atoms with Gasteiger partial charge in [0.2, 0.25) is 6.79 Å². The Labute approximate surface area is 148 Å². The third kappa shape index (κ3) is 5.78. The van der Waals surface area contributed by atoms with Crippen molar-refractivity contribution < 1.29 is 14.2 Å². The molecule has 0 aliphatic carbocycles. The van der Waals surface area contributed by atoms with Crippen molar-refractivity contribution in [3.05, 3.63) is 18.2 Å². The number of nitrogens with one attached hydrogen (secondary N) is 2. The van der Waals surface area contributed by atoms with Gasteiger partial charge >= 0.3 is 0 Å². The second kappa shape index (κ2) is 9.60. The molecule has 0 fully saturated rings. The molecule has 0 radical (unpaired) electrons. The van der Waals surface area contributed by atoms with Gasteiger partial charge in [-0.1, -0.05) is 0 Å². The smallest absolute Gasteiger partial charge is 0.231 e. The molecule has 1 aliphatic heterocycles. The number of hydrogen-bond donors (Lipinski definition) is 2. The SMILES string of the molecule is CCNC(=NCCOc1ccc2c(c1)OCO2)NC(C)C.I. The second-order valence-corrected chi connectivity index (χ2v) is 4.92. The molecule has 0 unspecified atom stereocenters. The van der Waals surface area contributed by atoms with Crippen molar-refractivity contribution in [3.63, 3.8) is 0 Å². The summed E-state index contributed by atoms with van der Waals surface area (Å²) in [5.41, 5.74) is 0. The van der Waals surface area contributed by atoms with E-state index in [0.29, 0.717) is 19.2 Å². The molecule has 0 spiro atoms. The molecule has 0 amide bonds. The summed E-state index contributed by atoms with van der Waals surface area (Å²) in [6.07, 6.45) is 0. The Bertz CT molecular complexity index is 495. The molecule has 7 heteroatoms. The van der Waals surface area contributed by atoms with Crippen molar-refractivity contribution in [3.8, 4) is 17.2 Å². The average Bonchev–Trinajstić information content (AvgIpc) is 2.90. The largest absolute Gasteiger partial charge is 0.492 e. The highest BCUT2D eigenvalue weighted by molar-refractivity contribution is 14.0. The van der Waals surface area contributed by atoms with E-state index in [1.165, 1.54) is 0 Å². The van der Waals surface area contributed by atoms with Crippen LogP contribution in [0.5, 0.6) is 17.2 Å². The van der Waals surface area contributed by atoms with Crippen LogP contribution in [-0.2, 0) is 0 Å². The summed E-state index contributed by atoms with van der Waals surface area (Å²) < 4.78 is 16.2. The first-order valence-electron chi connectivity index (χ1n) is 7.26. The number of ether oxygens (including phenoxy) is 3. The van der Waals surface area contributed by atoms with E-state index in [4.69, 9.17) is 14.2 Å². The molecule has 22 heavy (non-hydrogen) atoms. The third-order valence-electron chi connectivity index (χ3n) is 2.74. The molecule has 0 saturated heterocycles. The third-order valence-corrected chi connectivity index (χ3v) is 2.74. The van der Waals surface area contributed by atoms with E-state index in [2.05, 4.69) is 29.5 Å². The Morgan fingerprint density at radius 3 is 2.82 bits per heavy atom. The van der Waals surface area contributed by atoms with Crippen LogP contribution in [0.25, 0.3) is 0 Å². The fraction of sp³-hybridized carbons (Fsp3) is 0.533. The molecule has 1 aromatic carbocycles. The predicted octanol–water partition coefficient (Wildman–Crippen LogP) is 2.38. The molecule has 0 saturated carbocycles. The van der Waals surface area contributed by atoms with Crippen LogP contribution in [0.15, 0.2) is 23.2 Å². The summed E-state index contributed by atoms with van der Waals surface area (Å²) in [5, 5.41) is 6.45. The lowest BCUT2D eigenvalue weighted by Gasteiger charge is -2.14. The molecule has 2 rings (SSSR count). The van der Waals surface area contributed by atoms with Gasteiger partial charge in [0.25, 0.3) is 0 Å². The Hall–Kier alpha value is -1.38. The minimum absolute atomic E-state index is 0. The molecule has 124 valence electrons. The summed E-state index contributed by atoms with van der Waals surface area (Å²) >= 11 is 0. The van der Waals surface area contributed by atoms with Crippen molar-refractivity contribution in [1.82, 2.24) is 10.6 Å². The number of benzene rings is 1. The van der Waals surface area contributed by atoms with Crippen LogP contribution >= 0.6 is 24.0 Å². The van der Waals surface area contributed by atoms with E-state index in [1.807, 2.05) is 25.1 Å². The van der Waals surface area contributed by atoms with Gasteiger partial charge in [-0.15, -0.1) is 24.0 Å². The Morgan fingerprint density at radius 1 is 1.32 bits per heavy atom. The molecule has 6 nitrogen and oxygen atoms in total. The highest BCUT2D eigenvalue weighted by atomic mass is 127. The zero-order valence-corrected chi connectivity index (χ0v) is 15.5. The van der Waals surface area contributed by atoms with Crippen LogP contribution in [-0.4, -0.2) is 38.5 Å². The highest BCUT2D eigenvalue weighted by Crippen LogP contribution is 2.34. The molecule has 2 N–H and O–H groups in total. The number of fused-ring (bicyclic) bond motifs is 1. The van der Waals surface area contributed by atoms with Gasteiger partial charge in [0.05, 0.1) is 6.54 Å². The lowest BCUT2D eigenvalue weighted by molar-refractivity contribution is 0.174. The molecule has 0 aromatic heterocycles. The first-order chi connectivity index (χ1) is 10.2. The van der Waals surface area contributed by atoms with Gasteiger partial charge in [-0.05, 0) is 32.9 Å². The van der Waals surface area contributed by atoms with E-state index >= 15 is 0 Å². The summed E-state index contributed by atoms with van der Waals surface area (Å²) in [6.45, 7) is 8.40. The number of hydrogen-bond acceptors (Lipinski definition) is 4. The van der Waals surface area contributed by atoms with Crippen LogP contribution in [0, 0.1) is 0 Å². The number of guanidine groups is 1. The maximum atomic E-state index is 5.67. The van der Waals surface area contributed by atoms with Crippen LogP contribution in [0.3, 0.4) is 0 Å². The summed E-state index contributed by atoms with van der Waals surface area (Å²) in [4.78, 5) is 4.45. The first kappa shape index (κ1) is 18.7. The maximum absolute atomic E-state index is 5.67. The number of halogens is 1. The molecule has 0 atom stereocenters. The predicted molar refractivity (Wildman–Crippen MR) is 97.7 cm³/mol. The van der Waals surface area contributed by atoms with Gasteiger partial charge in [-0.3, -0.25) is 0 Å². The van der Waals surface area contributed by atoms with E-state index in [9.17, 15) is 0 Å². The maximum Gasteiger partial charge on any atom is 0.231 e. The normalized spacial score (nSPS) is 12.8. The van der Waals surface area contributed by atoms with Crippen LogP contribution in [0.2, 0.25) is 0 Å². The van der Waals surface area contributed by atoms with Gasteiger partial charge in [0.1, 0.15) is 12.4 Å². The van der Waals surface area contributed by atoms with Crippen LogP contribution in [0.1, 0.15) is 20.8 Å². The van der Waals surface area contributed by atoms with E-state index in [0.717, 1.165) is 29.8 Å². The average molecular weight is 421 g/mol. The topological polar surface area (TPSA) is 64.1 Å². The van der Waals surface area contributed by atoms with Crippen molar-refractivity contribution >= 4 is 29.9 Å². The minimum atomic E-state index is 0. The fourth-order valence-electron chi connectivity index (χ4n) is 1.88. The molecular weight excluding hydrogens is 397 g/mol.